The van der Waals surface area contributed by atoms with Gasteiger partial charge in [0.2, 0.25) is 5.75 Å². The van der Waals surface area contributed by atoms with Crippen LogP contribution in [-0.2, 0) is 0 Å². The second kappa shape index (κ2) is 5.41. The molecule has 1 aliphatic rings. The average molecular weight is 301 g/mol. The highest BCUT2D eigenvalue weighted by atomic mass is 16.7. The second-order valence-corrected chi connectivity index (χ2v) is 4.78. The molecule has 0 radical (unpaired) electrons. The van der Waals surface area contributed by atoms with Crippen molar-refractivity contribution in [3.8, 4) is 5.75 Å². The van der Waals surface area contributed by atoms with E-state index in [0.29, 0.717) is 6.54 Å². The number of hydroxylamine groups is 2. The van der Waals surface area contributed by atoms with Gasteiger partial charge in [-0.15, -0.1) is 5.06 Å². The normalized spacial score (nSPS) is 19.5. The van der Waals surface area contributed by atoms with Gasteiger partial charge >= 0.3 is 5.69 Å². The monoisotopic (exact) mass is 301 g/mol. The van der Waals surface area contributed by atoms with E-state index in [-0.39, 0.29) is 17.5 Å². The molecule has 1 fully saturated rings. The number of hydrogen-bond acceptors (Lipinski definition) is 6. The Morgan fingerprint density at radius 3 is 2.41 bits per heavy atom. The highest BCUT2D eigenvalue weighted by Crippen LogP contribution is 2.39. The molecule has 2 aromatic rings. The molecule has 112 valence electrons. The molecule has 1 aliphatic heterocycles. The summed E-state index contributed by atoms with van der Waals surface area (Å²) in [5.74, 6) is -0.00553. The van der Waals surface area contributed by atoms with Gasteiger partial charge in [0, 0.05) is 6.07 Å². The molecule has 2 atom stereocenters. The molecule has 0 bridgehead atoms. The maximum atomic E-state index is 11.0. The third kappa shape index (κ3) is 2.72. The third-order valence-corrected chi connectivity index (χ3v) is 3.32. The molecule has 8 nitrogen and oxygen atoms in total. The zero-order chi connectivity index (χ0) is 15.7. The van der Waals surface area contributed by atoms with Crippen molar-refractivity contribution in [2.24, 2.45) is 0 Å². The van der Waals surface area contributed by atoms with Gasteiger partial charge in [-0.25, -0.2) is 0 Å². The molecule has 3 rings (SSSR count). The first kappa shape index (κ1) is 14.0. The van der Waals surface area contributed by atoms with Crippen molar-refractivity contribution in [3.05, 3.63) is 74.3 Å². The number of nitrogens with zero attached hydrogens (tertiary/aromatic N) is 3. The van der Waals surface area contributed by atoms with Gasteiger partial charge in [0.15, 0.2) is 0 Å². The van der Waals surface area contributed by atoms with E-state index in [4.69, 9.17) is 4.84 Å². The maximum absolute atomic E-state index is 11.0. The third-order valence-electron chi connectivity index (χ3n) is 3.32. The van der Waals surface area contributed by atoms with E-state index in [1.165, 1.54) is 12.1 Å². The molecular weight excluding hydrogens is 290 g/mol. The van der Waals surface area contributed by atoms with E-state index in [1.54, 1.807) is 5.06 Å². The molecule has 22 heavy (non-hydrogen) atoms. The fourth-order valence-electron chi connectivity index (χ4n) is 2.14. The molecule has 2 aromatic carbocycles. The van der Waals surface area contributed by atoms with E-state index in [0.717, 1.165) is 11.6 Å². The standard InChI is InChI=1S/C14H11N3O5/c18-16(19)11-6-7-14(12(8-11)17(20)21)22-15-9-13(15)10-4-2-1-3-5-10/h1-8,13H,9H2. The van der Waals surface area contributed by atoms with Crippen molar-refractivity contribution >= 4 is 11.4 Å². The Hall–Kier alpha value is -3.00. The molecule has 0 N–H and O–H groups in total. The Kier molecular flexibility index (Phi) is 3.43. The fourth-order valence-corrected chi connectivity index (χ4v) is 2.14. The SMILES string of the molecule is O=[N+]([O-])c1ccc(ON2CC2c2ccccc2)c([N+](=O)[O-])c1. The summed E-state index contributed by atoms with van der Waals surface area (Å²) in [5, 5.41) is 23.3. The summed E-state index contributed by atoms with van der Waals surface area (Å²) < 4.78 is 0. The molecule has 1 heterocycles. The predicted octanol–water partition coefficient (Wildman–Crippen LogP) is 2.85. The van der Waals surface area contributed by atoms with E-state index < -0.39 is 15.5 Å². The van der Waals surface area contributed by atoms with Gasteiger partial charge in [-0.05, 0) is 11.6 Å². The quantitative estimate of drug-likeness (QED) is 0.478. The fraction of sp³-hybridized carbons (Fsp3) is 0.143. The number of rotatable bonds is 5. The number of hydrogen-bond donors (Lipinski definition) is 0. The second-order valence-electron chi connectivity index (χ2n) is 4.78. The lowest BCUT2D eigenvalue weighted by Crippen LogP contribution is -2.06. The van der Waals surface area contributed by atoms with Crippen LogP contribution in [0.15, 0.2) is 48.5 Å². The predicted molar refractivity (Wildman–Crippen MR) is 76.3 cm³/mol. The molecule has 0 aromatic heterocycles. The van der Waals surface area contributed by atoms with Crippen molar-refractivity contribution in [2.45, 2.75) is 6.04 Å². The first-order valence-corrected chi connectivity index (χ1v) is 6.48. The number of nitro groups is 2. The molecule has 2 unspecified atom stereocenters. The number of benzene rings is 2. The minimum absolute atomic E-state index is 0.00553. The van der Waals surface area contributed by atoms with Crippen molar-refractivity contribution in [3.63, 3.8) is 0 Å². The molecule has 0 saturated carbocycles. The van der Waals surface area contributed by atoms with Crippen LogP contribution in [0.2, 0.25) is 0 Å². The highest BCUT2D eigenvalue weighted by molar-refractivity contribution is 5.53. The Morgan fingerprint density at radius 2 is 1.77 bits per heavy atom. The van der Waals surface area contributed by atoms with Crippen LogP contribution in [0.4, 0.5) is 11.4 Å². The number of non-ortho nitro benzene ring substituents is 1. The molecule has 0 spiro atoms. The van der Waals surface area contributed by atoms with E-state index in [1.807, 2.05) is 30.3 Å². The summed E-state index contributed by atoms with van der Waals surface area (Å²) >= 11 is 0. The van der Waals surface area contributed by atoms with E-state index >= 15 is 0 Å². The lowest BCUT2D eigenvalue weighted by molar-refractivity contribution is -0.395. The summed E-state index contributed by atoms with van der Waals surface area (Å²) in [4.78, 5) is 25.8. The Bertz CT molecular complexity index is 735. The Labute approximate surface area is 124 Å². The molecule has 0 aliphatic carbocycles. The maximum Gasteiger partial charge on any atom is 0.320 e. The van der Waals surface area contributed by atoms with E-state index in [2.05, 4.69) is 0 Å². The zero-order valence-corrected chi connectivity index (χ0v) is 11.3. The van der Waals surface area contributed by atoms with Gasteiger partial charge in [-0.1, -0.05) is 30.3 Å². The Balaban J connectivity index is 1.79. The lowest BCUT2D eigenvalue weighted by Gasteiger charge is -2.07. The van der Waals surface area contributed by atoms with Gasteiger partial charge in [0.25, 0.3) is 5.69 Å². The van der Waals surface area contributed by atoms with Crippen LogP contribution in [0.1, 0.15) is 11.6 Å². The smallest absolute Gasteiger partial charge is 0.320 e. The molecular formula is C14H11N3O5. The minimum atomic E-state index is -0.691. The van der Waals surface area contributed by atoms with Gasteiger partial charge in [0.1, 0.15) is 0 Å². The van der Waals surface area contributed by atoms with Crippen LogP contribution in [0.3, 0.4) is 0 Å². The highest BCUT2D eigenvalue weighted by Gasteiger charge is 2.39. The van der Waals surface area contributed by atoms with Crippen molar-refractivity contribution in [1.29, 1.82) is 0 Å². The van der Waals surface area contributed by atoms with Crippen LogP contribution in [0.25, 0.3) is 0 Å². The largest absolute Gasteiger partial charge is 0.398 e. The van der Waals surface area contributed by atoms with E-state index in [9.17, 15) is 20.2 Å². The Morgan fingerprint density at radius 1 is 1.05 bits per heavy atom. The topological polar surface area (TPSA) is 98.5 Å². The average Bonchev–Trinajstić information content (AvgIpc) is 3.27. The summed E-state index contributed by atoms with van der Waals surface area (Å²) in [6, 6.07) is 13.0. The van der Waals surface area contributed by atoms with Crippen molar-refractivity contribution in [1.82, 2.24) is 5.06 Å². The van der Waals surface area contributed by atoms with Crippen LogP contribution in [0, 0.1) is 20.2 Å². The zero-order valence-electron chi connectivity index (χ0n) is 11.3. The van der Waals surface area contributed by atoms with Crippen LogP contribution in [0.5, 0.6) is 5.75 Å². The lowest BCUT2D eigenvalue weighted by atomic mass is 10.2. The van der Waals surface area contributed by atoms with Crippen molar-refractivity contribution in [2.75, 3.05) is 6.54 Å². The van der Waals surface area contributed by atoms with Crippen LogP contribution >= 0.6 is 0 Å². The summed E-state index contributed by atoms with van der Waals surface area (Å²) in [7, 11) is 0. The minimum Gasteiger partial charge on any atom is -0.398 e. The summed E-state index contributed by atoms with van der Waals surface area (Å²) in [6.45, 7) is 0.609. The summed E-state index contributed by atoms with van der Waals surface area (Å²) in [5.41, 5.74) is 0.282. The molecule has 8 heteroatoms. The first-order chi connectivity index (χ1) is 10.6. The molecule has 0 amide bonds. The molecule has 1 saturated heterocycles. The first-order valence-electron chi connectivity index (χ1n) is 6.48. The van der Waals surface area contributed by atoms with Crippen molar-refractivity contribution < 1.29 is 14.7 Å². The van der Waals surface area contributed by atoms with Crippen LogP contribution in [-0.4, -0.2) is 21.5 Å². The van der Waals surface area contributed by atoms with Gasteiger partial charge in [-0.2, -0.15) is 0 Å². The summed E-state index contributed by atoms with van der Waals surface area (Å²) in [6.07, 6.45) is 0. The van der Waals surface area contributed by atoms with Gasteiger partial charge < -0.3 is 4.84 Å². The number of nitro benzene ring substituents is 2. The van der Waals surface area contributed by atoms with Crippen LogP contribution < -0.4 is 4.84 Å². The van der Waals surface area contributed by atoms with Gasteiger partial charge in [-0.3, -0.25) is 20.2 Å². The van der Waals surface area contributed by atoms with Gasteiger partial charge in [0.05, 0.1) is 28.5 Å².